The van der Waals surface area contributed by atoms with Gasteiger partial charge >= 0.3 is 0 Å². The Labute approximate surface area is 156 Å². The number of halogens is 3. The van der Waals surface area contributed by atoms with Crippen LogP contribution in [0.1, 0.15) is 22.8 Å². The molecule has 1 unspecified atom stereocenters. The lowest BCUT2D eigenvalue weighted by Gasteiger charge is -2.22. The fourth-order valence-corrected chi connectivity index (χ4v) is 4.09. The maximum atomic E-state index is 10.5. The van der Waals surface area contributed by atoms with Crippen LogP contribution in [0.4, 0.5) is 0 Å². The van der Waals surface area contributed by atoms with Gasteiger partial charge in [-0.05, 0) is 58.5 Å². The van der Waals surface area contributed by atoms with Crippen molar-refractivity contribution in [2.45, 2.75) is 12.5 Å². The largest absolute Gasteiger partial charge is 0.387 e. The van der Waals surface area contributed by atoms with Gasteiger partial charge in [-0.1, -0.05) is 46.9 Å². The summed E-state index contributed by atoms with van der Waals surface area (Å²) >= 11 is 18.1. The van der Waals surface area contributed by atoms with Gasteiger partial charge in [-0.25, -0.2) is 0 Å². The lowest BCUT2D eigenvalue weighted by atomic mass is 10.1. The summed E-state index contributed by atoms with van der Waals surface area (Å²) < 4.78 is 0. The van der Waals surface area contributed by atoms with Crippen molar-refractivity contribution < 1.29 is 5.11 Å². The Hall–Kier alpha value is -1.03. The monoisotopic (exact) mass is 379 g/mol. The van der Waals surface area contributed by atoms with E-state index >= 15 is 0 Å². The van der Waals surface area contributed by atoms with Crippen LogP contribution in [0.5, 0.6) is 0 Å². The number of rotatable bonds is 3. The van der Waals surface area contributed by atoms with E-state index in [1.165, 1.54) is 22.3 Å². The lowest BCUT2D eigenvalue weighted by molar-refractivity contribution is 0.128. The predicted octanol–water partition coefficient (Wildman–Crippen LogP) is 5.01. The van der Waals surface area contributed by atoms with Crippen LogP contribution in [0.2, 0.25) is 15.1 Å². The standard InChI is InChI=1S/C19H16Cl3NO/c20-14-3-1-11-5-13-8-23(9-16(13)15(11)7-14)10-19(24)12-2-4-17(21)18(22)6-12/h1-4,6-7,19,24H,5,8-10H2. The van der Waals surface area contributed by atoms with Crippen molar-refractivity contribution in [1.29, 1.82) is 0 Å². The van der Waals surface area contributed by atoms with Gasteiger partial charge in [0.2, 0.25) is 0 Å². The van der Waals surface area contributed by atoms with E-state index in [0.29, 0.717) is 16.6 Å². The zero-order valence-corrected chi connectivity index (χ0v) is 15.2. The third-order valence-corrected chi connectivity index (χ3v) is 5.76. The van der Waals surface area contributed by atoms with E-state index in [-0.39, 0.29) is 0 Å². The van der Waals surface area contributed by atoms with E-state index in [2.05, 4.69) is 17.0 Å². The van der Waals surface area contributed by atoms with Crippen LogP contribution in [-0.2, 0) is 6.42 Å². The molecule has 1 aliphatic heterocycles. The van der Waals surface area contributed by atoms with Gasteiger partial charge in [0.1, 0.15) is 0 Å². The second-order valence-electron chi connectivity index (χ2n) is 6.42. The smallest absolute Gasteiger partial charge is 0.0917 e. The minimum absolute atomic E-state index is 0.471. The normalized spacial score (nSPS) is 18.0. The van der Waals surface area contributed by atoms with E-state index in [1.54, 1.807) is 12.1 Å². The maximum absolute atomic E-state index is 10.5. The van der Waals surface area contributed by atoms with Crippen LogP contribution >= 0.6 is 34.8 Å². The van der Waals surface area contributed by atoms with Gasteiger partial charge in [0.25, 0.3) is 0 Å². The van der Waals surface area contributed by atoms with E-state index < -0.39 is 6.10 Å². The molecular formula is C19H16Cl3NO. The first-order chi connectivity index (χ1) is 11.5. The molecule has 0 spiro atoms. The predicted molar refractivity (Wildman–Crippen MR) is 99.9 cm³/mol. The van der Waals surface area contributed by atoms with Crippen LogP contribution in [0.3, 0.4) is 0 Å². The molecule has 1 heterocycles. The molecule has 2 aromatic carbocycles. The fraction of sp³-hybridized carbons (Fsp3) is 0.263. The van der Waals surface area contributed by atoms with E-state index in [1.807, 2.05) is 12.1 Å². The summed E-state index contributed by atoms with van der Waals surface area (Å²) in [5.41, 5.74) is 6.22. The molecule has 0 radical (unpaired) electrons. The molecule has 24 heavy (non-hydrogen) atoms. The van der Waals surface area contributed by atoms with Gasteiger partial charge in [-0.3, -0.25) is 4.90 Å². The molecular weight excluding hydrogens is 365 g/mol. The first kappa shape index (κ1) is 16.4. The Bertz CT molecular complexity index is 847. The first-order valence-corrected chi connectivity index (χ1v) is 8.99. The summed E-state index contributed by atoms with van der Waals surface area (Å²) in [7, 11) is 0. The quantitative estimate of drug-likeness (QED) is 0.809. The summed E-state index contributed by atoms with van der Waals surface area (Å²) in [5, 5.41) is 12.3. The minimum atomic E-state index is -0.585. The fourth-order valence-electron chi connectivity index (χ4n) is 3.61. The van der Waals surface area contributed by atoms with E-state index in [9.17, 15) is 5.11 Å². The van der Waals surface area contributed by atoms with Crippen molar-refractivity contribution in [2.75, 3.05) is 19.6 Å². The summed E-state index contributed by atoms with van der Waals surface area (Å²) in [6.07, 6.45) is 0.403. The third kappa shape index (κ3) is 2.98. The number of benzene rings is 2. The Balaban J connectivity index is 1.46. The summed E-state index contributed by atoms with van der Waals surface area (Å²) in [4.78, 5) is 2.27. The molecule has 1 atom stereocenters. The Morgan fingerprint density at radius 1 is 1.00 bits per heavy atom. The van der Waals surface area contributed by atoms with E-state index in [4.69, 9.17) is 34.8 Å². The maximum Gasteiger partial charge on any atom is 0.0917 e. The van der Waals surface area contributed by atoms with Gasteiger partial charge in [0, 0.05) is 24.7 Å². The SMILES string of the molecule is OC(CN1CC2=C(C1)c1cc(Cl)ccc1C2)c1ccc(Cl)c(Cl)c1. The van der Waals surface area contributed by atoms with Crippen molar-refractivity contribution in [1.82, 2.24) is 4.90 Å². The van der Waals surface area contributed by atoms with Crippen LogP contribution in [0, 0.1) is 0 Å². The molecule has 5 heteroatoms. The molecule has 0 saturated carbocycles. The molecule has 2 nitrogen and oxygen atoms in total. The van der Waals surface area contributed by atoms with Crippen molar-refractivity contribution in [3.05, 3.63) is 73.7 Å². The van der Waals surface area contributed by atoms with Crippen LogP contribution < -0.4 is 0 Å². The average molecular weight is 381 g/mol. The summed E-state index contributed by atoms with van der Waals surface area (Å²) in [6.45, 7) is 2.31. The van der Waals surface area contributed by atoms with Gasteiger partial charge in [0.15, 0.2) is 0 Å². The zero-order chi connectivity index (χ0) is 16.8. The first-order valence-electron chi connectivity index (χ1n) is 7.86. The van der Waals surface area contributed by atoms with Gasteiger partial charge in [-0.2, -0.15) is 0 Å². The Kier molecular flexibility index (Phi) is 4.36. The Morgan fingerprint density at radius 3 is 2.62 bits per heavy atom. The van der Waals surface area contributed by atoms with Crippen molar-refractivity contribution in [3.8, 4) is 0 Å². The van der Waals surface area contributed by atoms with Crippen LogP contribution in [0.15, 0.2) is 42.0 Å². The number of β-amino-alcohol motifs (C(OH)–C–C–N with tert-alkyl or cyclic N) is 1. The lowest BCUT2D eigenvalue weighted by Crippen LogP contribution is -2.28. The zero-order valence-electron chi connectivity index (χ0n) is 12.9. The molecule has 0 aromatic heterocycles. The van der Waals surface area contributed by atoms with Gasteiger partial charge < -0.3 is 5.11 Å². The number of aliphatic hydroxyl groups is 1. The average Bonchev–Trinajstić information content (AvgIpc) is 3.07. The number of nitrogens with zero attached hydrogens (tertiary/aromatic N) is 1. The Morgan fingerprint density at radius 2 is 1.83 bits per heavy atom. The number of aliphatic hydroxyl groups excluding tert-OH is 1. The number of fused-ring (bicyclic) bond motifs is 2. The molecule has 0 bridgehead atoms. The topological polar surface area (TPSA) is 23.5 Å². The van der Waals surface area contributed by atoms with Crippen LogP contribution in [0.25, 0.3) is 5.57 Å². The molecule has 2 aliphatic rings. The molecule has 4 rings (SSSR count). The molecule has 0 fully saturated rings. The van der Waals surface area contributed by atoms with Gasteiger partial charge in [-0.15, -0.1) is 0 Å². The van der Waals surface area contributed by atoms with E-state index in [0.717, 1.165) is 30.1 Å². The second kappa shape index (κ2) is 6.36. The van der Waals surface area contributed by atoms with Gasteiger partial charge in [0.05, 0.1) is 16.1 Å². The number of hydrogen-bond donors (Lipinski definition) is 1. The number of hydrogen-bond acceptors (Lipinski definition) is 2. The second-order valence-corrected chi connectivity index (χ2v) is 7.67. The van der Waals surface area contributed by atoms with Crippen molar-refractivity contribution in [3.63, 3.8) is 0 Å². The van der Waals surface area contributed by atoms with Crippen molar-refractivity contribution in [2.24, 2.45) is 0 Å². The van der Waals surface area contributed by atoms with Crippen molar-refractivity contribution >= 4 is 40.4 Å². The highest BCUT2D eigenvalue weighted by Crippen LogP contribution is 2.39. The molecule has 2 aromatic rings. The van der Waals surface area contributed by atoms with Crippen LogP contribution in [-0.4, -0.2) is 29.6 Å². The highest BCUT2D eigenvalue weighted by molar-refractivity contribution is 6.42. The highest BCUT2D eigenvalue weighted by atomic mass is 35.5. The molecule has 1 aliphatic carbocycles. The highest BCUT2D eigenvalue weighted by Gasteiger charge is 2.30. The third-order valence-electron chi connectivity index (χ3n) is 4.78. The summed E-state index contributed by atoms with van der Waals surface area (Å²) in [6, 6.07) is 11.4. The molecule has 1 N–H and O–H groups in total. The summed E-state index contributed by atoms with van der Waals surface area (Å²) in [5.74, 6) is 0. The molecule has 0 saturated heterocycles. The molecule has 0 amide bonds. The minimum Gasteiger partial charge on any atom is -0.387 e. The molecule has 124 valence electrons.